The Morgan fingerprint density at radius 1 is 1.28 bits per heavy atom. The maximum absolute atomic E-state index is 12.4. The van der Waals surface area contributed by atoms with Crippen LogP contribution in [-0.4, -0.2) is 42.5 Å². The molecule has 1 aliphatic heterocycles. The number of anilines is 1. The van der Waals surface area contributed by atoms with Crippen molar-refractivity contribution in [1.82, 2.24) is 10.2 Å². The van der Waals surface area contributed by atoms with Crippen molar-refractivity contribution in [2.45, 2.75) is 19.9 Å². The number of amides is 3. The zero-order valence-corrected chi connectivity index (χ0v) is 16.7. The third-order valence-electron chi connectivity index (χ3n) is 4.39. The molecule has 0 spiro atoms. The van der Waals surface area contributed by atoms with Gasteiger partial charge in [0.15, 0.2) is 0 Å². The van der Waals surface area contributed by atoms with Gasteiger partial charge in [-0.1, -0.05) is 18.2 Å². The topological polar surface area (TPSA) is 112 Å². The van der Waals surface area contributed by atoms with Crippen LogP contribution in [0.1, 0.15) is 33.3 Å². The molecule has 0 bridgehead atoms. The van der Waals surface area contributed by atoms with Crippen LogP contribution in [0.2, 0.25) is 0 Å². The predicted octanol–water partition coefficient (Wildman–Crippen LogP) is 2.50. The van der Waals surface area contributed by atoms with Gasteiger partial charge in [0.2, 0.25) is 5.91 Å². The molecule has 0 fully saturated rings. The largest absolute Gasteiger partial charge is 0.448 e. The zero-order valence-electron chi connectivity index (χ0n) is 15.9. The number of hydrogen-bond acceptors (Lipinski definition) is 6. The molecule has 1 aromatic heterocycles. The van der Waals surface area contributed by atoms with Gasteiger partial charge in [-0.15, -0.1) is 11.3 Å². The van der Waals surface area contributed by atoms with Crippen LogP contribution < -0.4 is 10.6 Å². The molecular weight excluding hydrogens is 392 g/mol. The van der Waals surface area contributed by atoms with Crippen molar-refractivity contribution in [3.63, 3.8) is 0 Å². The number of carbonyl (C=O) groups is 3. The summed E-state index contributed by atoms with van der Waals surface area (Å²) in [5, 5.41) is 15.4. The summed E-state index contributed by atoms with van der Waals surface area (Å²) in [7, 11) is 0. The Kier molecular flexibility index (Phi) is 6.46. The first-order chi connectivity index (χ1) is 14.0. The van der Waals surface area contributed by atoms with Crippen molar-refractivity contribution in [3.05, 3.63) is 51.9 Å². The molecule has 0 saturated carbocycles. The van der Waals surface area contributed by atoms with Gasteiger partial charge in [0.1, 0.15) is 17.7 Å². The average Bonchev–Trinajstić information content (AvgIpc) is 3.07. The molecule has 0 atom stereocenters. The van der Waals surface area contributed by atoms with Crippen LogP contribution in [0.15, 0.2) is 30.3 Å². The highest BCUT2D eigenvalue weighted by Gasteiger charge is 2.28. The fraction of sp³-hybridized carbons (Fsp3) is 0.300. The highest BCUT2D eigenvalue weighted by molar-refractivity contribution is 7.16. The maximum Gasteiger partial charge on any atom is 0.410 e. The second-order valence-corrected chi connectivity index (χ2v) is 7.51. The number of hydrogen-bond donors (Lipinski definition) is 2. The van der Waals surface area contributed by atoms with Gasteiger partial charge < -0.3 is 20.3 Å². The summed E-state index contributed by atoms with van der Waals surface area (Å²) in [6.07, 6.45) is 0.0410. The van der Waals surface area contributed by atoms with Crippen LogP contribution >= 0.6 is 11.3 Å². The van der Waals surface area contributed by atoms with Crippen molar-refractivity contribution < 1.29 is 19.1 Å². The Hall–Kier alpha value is -3.38. The molecule has 9 heteroatoms. The quantitative estimate of drug-likeness (QED) is 0.733. The first-order valence-corrected chi connectivity index (χ1v) is 9.88. The summed E-state index contributed by atoms with van der Waals surface area (Å²) in [6, 6.07) is 11.0. The van der Waals surface area contributed by atoms with Gasteiger partial charge in [-0.25, -0.2) is 4.79 Å². The Morgan fingerprint density at radius 3 is 2.72 bits per heavy atom. The monoisotopic (exact) mass is 412 g/mol. The molecular formula is C20H20N4O4S. The van der Waals surface area contributed by atoms with E-state index in [2.05, 4.69) is 16.7 Å². The lowest BCUT2D eigenvalue weighted by molar-refractivity contribution is -0.119. The van der Waals surface area contributed by atoms with Gasteiger partial charge in [0.25, 0.3) is 5.91 Å². The summed E-state index contributed by atoms with van der Waals surface area (Å²) in [6.45, 7) is 2.48. The lowest BCUT2D eigenvalue weighted by Crippen LogP contribution is -2.37. The van der Waals surface area contributed by atoms with E-state index >= 15 is 0 Å². The Balaban J connectivity index is 1.67. The minimum Gasteiger partial charge on any atom is -0.448 e. The van der Waals surface area contributed by atoms with Gasteiger partial charge in [0.05, 0.1) is 18.7 Å². The molecule has 3 amide bonds. The van der Waals surface area contributed by atoms with Crippen molar-refractivity contribution in [2.75, 3.05) is 25.0 Å². The molecule has 2 N–H and O–H groups in total. The highest BCUT2D eigenvalue weighted by atomic mass is 32.1. The highest BCUT2D eigenvalue weighted by Crippen LogP contribution is 2.37. The van der Waals surface area contributed by atoms with E-state index in [1.807, 2.05) is 6.07 Å². The second-order valence-electron chi connectivity index (χ2n) is 6.41. The average molecular weight is 412 g/mol. The number of benzene rings is 1. The SMILES string of the molecule is CC(=O)NCCOC(=O)N1CCc2c(sc(NC(=O)c3ccccc3)c2C#N)C1. The third kappa shape index (κ3) is 4.92. The van der Waals surface area contributed by atoms with E-state index in [0.29, 0.717) is 35.6 Å². The van der Waals surface area contributed by atoms with Gasteiger partial charge in [-0.3, -0.25) is 9.59 Å². The summed E-state index contributed by atoms with van der Waals surface area (Å²) in [5.41, 5.74) is 1.82. The number of thiophene rings is 1. The minimum absolute atomic E-state index is 0.0913. The summed E-state index contributed by atoms with van der Waals surface area (Å²) in [5.74, 6) is -0.466. The van der Waals surface area contributed by atoms with Crippen LogP contribution in [0.3, 0.4) is 0 Å². The molecule has 150 valence electrons. The van der Waals surface area contributed by atoms with Crippen molar-refractivity contribution >= 4 is 34.2 Å². The van der Waals surface area contributed by atoms with Gasteiger partial charge >= 0.3 is 6.09 Å². The lowest BCUT2D eigenvalue weighted by Gasteiger charge is -2.26. The molecule has 1 aliphatic rings. The lowest BCUT2D eigenvalue weighted by atomic mass is 10.0. The predicted molar refractivity (Wildman–Crippen MR) is 108 cm³/mol. The molecule has 1 aromatic carbocycles. The first-order valence-electron chi connectivity index (χ1n) is 9.06. The molecule has 0 radical (unpaired) electrons. The molecule has 2 aromatic rings. The molecule has 0 aliphatic carbocycles. The first kappa shape index (κ1) is 20.4. The van der Waals surface area contributed by atoms with E-state index < -0.39 is 6.09 Å². The Bertz CT molecular complexity index is 965. The molecule has 8 nitrogen and oxygen atoms in total. The van der Waals surface area contributed by atoms with E-state index in [1.165, 1.54) is 18.3 Å². The van der Waals surface area contributed by atoms with Crippen LogP contribution in [0.25, 0.3) is 0 Å². The second kappa shape index (κ2) is 9.21. The standard InChI is InChI=1S/C20H20N4O4S/c1-13(25)22-8-10-28-20(27)24-9-7-15-16(11-21)19(29-17(15)12-24)23-18(26)14-5-3-2-4-6-14/h2-6H,7-10,12H2,1H3,(H,22,25)(H,23,26). The fourth-order valence-electron chi connectivity index (χ4n) is 2.99. The van der Waals surface area contributed by atoms with Crippen LogP contribution in [0.5, 0.6) is 0 Å². The van der Waals surface area contributed by atoms with E-state index in [0.717, 1.165) is 10.4 Å². The Labute approximate surface area is 172 Å². The Morgan fingerprint density at radius 2 is 2.03 bits per heavy atom. The van der Waals surface area contributed by atoms with Crippen molar-refractivity contribution in [2.24, 2.45) is 0 Å². The number of rotatable bonds is 5. The van der Waals surface area contributed by atoms with Gasteiger partial charge in [0, 0.05) is 23.9 Å². The normalized spacial score (nSPS) is 12.5. The number of nitrogens with zero attached hydrogens (tertiary/aromatic N) is 2. The summed E-state index contributed by atoms with van der Waals surface area (Å²) in [4.78, 5) is 37.9. The van der Waals surface area contributed by atoms with Crippen molar-refractivity contribution in [3.8, 4) is 6.07 Å². The van der Waals surface area contributed by atoms with Crippen LogP contribution in [-0.2, 0) is 22.5 Å². The minimum atomic E-state index is -0.470. The van der Waals surface area contributed by atoms with E-state index in [4.69, 9.17) is 4.74 Å². The van der Waals surface area contributed by atoms with E-state index in [9.17, 15) is 19.6 Å². The molecule has 3 rings (SSSR count). The number of nitrogens with one attached hydrogen (secondary N) is 2. The van der Waals surface area contributed by atoms with Gasteiger partial charge in [-0.05, 0) is 24.1 Å². The summed E-state index contributed by atoms with van der Waals surface area (Å²) >= 11 is 1.30. The number of fused-ring (bicyclic) bond motifs is 1. The van der Waals surface area contributed by atoms with Crippen LogP contribution in [0, 0.1) is 11.3 Å². The van der Waals surface area contributed by atoms with E-state index in [1.54, 1.807) is 29.2 Å². The fourth-order valence-corrected chi connectivity index (χ4v) is 4.20. The zero-order chi connectivity index (χ0) is 20.8. The number of carbonyl (C=O) groups excluding carboxylic acids is 3. The number of nitriles is 1. The third-order valence-corrected chi connectivity index (χ3v) is 5.52. The molecule has 2 heterocycles. The molecule has 0 saturated heterocycles. The van der Waals surface area contributed by atoms with Crippen LogP contribution in [0.4, 0.5) is 9.80 Å². The summed E-state index contributed by atoms with van der Waals surface area (Å²) < 4.78 is 5.17. The molecule has 0 unspecified atom stereocenters. The smallest absolute Gasteiger partial charge is 0.410 e. The maximum atomic E-state index is 12.4. The van der Waals surface area contributed by atoms with E-state index in [-0.39, 0.29) is 25.0 Å². The van der Waals surface area contributed by atoms with Gasteiger partial charge in [-0.2, -0.15) is 5.26 Å². The van der Waals surface area contributed by atoms with Crippen molar-refractivity contribution in [1.29, 1.82) is 5.26 Å². The number of ether oxygens (including phenoxy) is 1. The molecule has 29 heavy (non-hydrogen) atoms.